The average molecular weight is 265 g/mol. The third kappa shape index (κ3) is 5.09. The maximum absolute atomic E-state index is 11.9. The minimum absolute atomic E-state index is 0.0701. The van der Waals surface area contributed by atoms with Gasteiger partial charge in [0.2, 0.25) is 0 Å². The molecule has 0 aliphatic carbocycles. The van der Waals surface area contributed by atoms with Crippen LogP contribution < -0.4 is 5.32 Å². The van der Waals surface area contributed by atoms with Gasteiger partial charge in [-0.3, -0.25) is 9.59 Å². The van der Waals surface area contributed by atoms with Crippen molar-refractivity contribution in [3.63, 3.8) is 0 Å². The van der Waals surface area contributed by atoms with Crippen LogP contribution in [0.25, 0.3) is 0 Å². The summed E-state index contributed by atoms with van der Waals surface area (Å²) in [5, 5.41) is 20.4. The molecule has 5 heteroatoms. The maximum atomic E-state index is 11.9. The number of rotatable bonds is 7. The zero-order valence-electron chi connectivity index (χ0n) is 10.9. The molecule has 1 unspecified atom stereocenters. The third-order valence-corrected chi connectivity index (χ3v) is 2.79. The number of aliphatic hydroxyl groups excluding tert-OH is 1. The summed E-state index contributed by atoms with van der Waals surface area (Å²) in [5.74, 6) is -1.21. The summed E-state index contributed by atoms with van der Waals surface area (Å²) in [7, 11) is 0. The highest BCUT2D eigenvalue weighted by atomic mass is 16.4. The fourth-order valence-electron chi connectivity index (χ4n) is 1.81. The van der Waals surface area contributed by atoms with Gasteiger partial charge in [0.1, 0.15) is 0 Å². The Morgan fingerprint density at radius 2 is 1.89 bits per heavy atom. The molecule has 0 fully saturated rings. The lowest BCUT2D eigenvalue weighted by Crippen LogP contribution is -2.36. The smallest absolute Gasteiger partial charge is 0.305 e. The summed E-state index contributed by atoms with van der Waals surface area (Å²) in [6.07, 6.45) is 1.36. The van der Waals surface area contributed by atoms with E-state index in [2.05, 4.69) is 5.32 Å². The van der Waals surface area contributed by atoms with Crippen LogP contribution in [0.1, 0.15) is 42.1 Å². The van der Waals surface area contributed by atoms with E-state index in [1.165, 1.54) is 0 Å². The Hall–Kier alpha value is -1.88. The van der Waals surface area contributed by atoms with Gasteiger partial charge in [0, 0.05) is 11.6 Å². The molecule has 0 spiro atoms. The second-order valence-electron chi connectivity index (χ2n) is 4.41. The number of carboxylic acid groups (broad SMARTS) is 1. The molecular weight excluding hydrogens is 246 g/mol. The normalized spacial score (nSPS) is 11.9. The highest BCUT2D eigenvalue weighted by Gasteiger charge is 2.16. The van der Waals surface area contributed by atoms with Crippen LogP contribution in [-0.2, 0) is 11.4 Å². The molecule has 3 N–H and O–H groups in total. The zero-order valence-corrected chi connectivity index (χ0v) is 10.9. The minimum Gasteiger partial charge on any atom is -0.481 e. The van der Waals surface area contributed by atoms with Gasteiger partial charge in [-0.2, -0.15) is 0 Å². The molecule has 19 heavy (non-hydrogen) atoms. The van der Waals surface area contributed by atoms with Crippen molar-refractivity contribution in [1.82, 2.24) is 5.32 Å². The molecule has 1 rings (SSSR count). The molecule has 0 bridgehead atoms. The van der Waals surface area contributed by atoms with E-state index < -0.39 is 5.97 Å². The SMILES string of the molecule is CCCC(CC(=O)O)NC(=O)c1ccc(CO)cc1. The third-order valence-electron chi connectivity index (χ3n) is 2.79. The first-order valence-corrected chi connectivity index (χ1v) is 6.29. The van der Waals surface area contributed by atoms with Gasteiger partial charge in [-0.1, -0.05) is 25.5 Å². The van der Waals surface area contributed by atoms with Crippen molar-refractivity contribution in [2.45, 2.75) is 38.8 Å². The lowest BCUT2D eigenvalue weighted by Gasteiger charge is -2.16. The van der Waals surface area contributed by atoms with E-state index in [1.807, 2.05) is 6.92 Å². The molecule has 104 valence electrons. The summed E-state index contributed by atoms with van der Waals surface area (Å²) >= 11 is 0. The number of carbonyl (C=O) groups excluding carboxylic acids is 1. The van der Waals surface area contributed by atoms with E-state index in [4.69, 9.17) is 10.2 Å². The van der Waals surface area contributed by atoms with Crippen LogP contribution >= 0.6 is 0 Å². The van der Waals surface area contributed by atoms with E-state index in [0.717, 1.165) is 12.0 Å². The quantitative estimate of drug-likeness (QED) is 0.698. The average Bonchev–Trinajstić information content (AvgIpc) is 2.38. The molecule has 0 aliphatic heterocycles. The van der Waals surface area contributed by atoms with Crippen molar-refractivity contribution in [3.05, 3.63) is 35.4 Å². The maximum Gasteiger partial charge on any atom is 0.305 e. The molecule has 0 radical (unpaired) electrons. The van der Waals surface area contributed by atoms with E-state index >= 15 is 0 Å². The van der Waals surface area contributed by atoms with Gasteiger partial charge in [-0.25, -0.2) is 0 Å². The number of nitrogens with one attached hydrogen (secondary N) is 1. The fourth-order valence-corrected chi connectivity index (χ4v) is 1.81. The van der Waals surface area contributed by atoms with Crippen LogP contribution in [0.2, 0.25) is 0 Å². The molecule has 0 heterocycles. The molecule has 0 aromatic heterocycles. The first kappa shape index (κ1) is 15.2. The van der Waals surface area contributed by atoms with Crippen molar-refractivity contribution < 1.29 is 19.8 Å². The van der Waals surface area contributed by atoms with Gasteiger partial charge in [0.05, 0.1) is 13.0 Å². The summed E-state index contributed by atoms with van der Waals surface area (Å²) in [4.78, 5) is 22.7. The van der Waals surface area contributed by atoms with Crippen molar-refractivity contribution in [2.24, 2.45) is 0 Å². The second-order valence-corrected chi connectivity index (χ2v) is 4.41. The predicted molar refractivity (Wildman–Crippen MR) is 70.8 cm³/mol. The van der Waals surface area contributed by atoms with Gasteiger partial charge < -0.3 is 15.5 Å². The molecule has 5 nitrogen and oxygen atoms in total. The fraction of sp³-hybridized carbons (Fsp3) is 0.429. The monoisotopic (exact) mass is 265 g/mol. The molecule has 1 amide bonds. The molecule has 0 saturated carbocycles. The van der Waals surface area contributed by atoms with Gasteiger partial charge >= 0.3 is 5.97 Å². The number of benzene rings is 1. The Morgan fingerprint density at radius 1 is 1.26 bits per heavy atom. The Morgan fingerprint density at radius 3 is 2.37 bits per heavy atom. The van der Waals surface area contributed by atoms with E-state index in [-0.39, 0.29) is 25.0 Å². The Balaban J connectivity index is 2.66. The van der Waals surface area contributed by atoms with Crippen LogP contribution in [0.3, 0.4) is 0 Å². The number of aliphatic hydroxyl groups is 1. The largest absolute Gasteiger partial charge is 0.481 e. The molecule has 1 atom stereocenters. The Bertz CT molecular complexity index is 428. The van der Waals surface area contributed by atoms with Crippen LogP contribution in [0, 0.1) is 0 Å². The summed E-state index contributed by atoms with van der Waals surface area (Å²) in [6, 6.07) is 6.21. The molecule has 0 aliphatic rings. The van der Waals surface area contributed by atoms with E-state index in [9.17, 15) is 9.59 Å². The number of carboxylic acids is 1. The Labute approximate surface area is 112 Å². The number of carbonyl (C=O) groups is 2. The van der Waals surface area contributed by atoms with Crippen molar-refractivity contribution in [2.75, 3.05) is 0 Å². The first-order valence-electron chi connectivity index (χ1n) is 6.29. The predicted octanol–water partition coefficient (Wildman–Crippen LogP) is 1.55. The standard InChI is InChI=1S/C14H19NO4/c1-2-3-12(8-13(17)18)15-14(19)11-6-4-10(9-16)5-7-11/h4-7,12,16H,2-3,8-9H2,1H3,(H,15,19)(H,17,18). The topological polar surface area (TPSA) is 86.6 Å². The first-order chi connectivity index (χ1) is 9.06. The summed E-state index contributed by atoms with van der Waals surface area (Å²) in [5.41, 5.74) is 1.19. The molecule has 0 saturated heterocycles. The molecule has 1 aromatic rings. The highest BCUT2D eigenvalue weighted by Crippen LogP contribution is 2.07. The summed E-state index contributed by atoms with van der Waals surface area (Å²) < 4.78 is 0. The van der Waals surface area contributed by atoms with Gasteiger partial charge in [0.25, 0.3) is 5.91 Å². The van der Waals surface area contributed by atoms with Crippen LogP contribution in [0.5, 0.6) is 0 Å². The highest BCUT2D eigenvalue weighted by molar-refractivity contribution is 5.94. The Kier molecular flexibility index (Phi) is 6.02. The van der Waals surface area contributed by atoms with E-state index in [1.54, 1.807) is 24.3 Å². The second kappa shape index (κ2) is 7.53. The number of amides is 1. The van der Waals surface area contributed by atoms with Gasteiger partial charge in [-0.05, 0) is 24.1 Å². The number of aliphatic carboxylic acids is 1. The lowest BCUT2D eigenvalue weighted by molar-refractivity contribution is -0.137. The van der Waals surface area contributed by atoms with Gasteiger partial charge in [-0.15, -0.1) is 0 Å². The van der Waals surface area contributed by atoms with Crippen molar-refractivity contribution >= 4 is 11.9 Å². The lowest BCUT2D eigenvalue weighted by atomic mass is 10.1. The van der Waals surface area contributed by atoms with Crippen LogP contribution in [0.4, 0.5) is 0 Å². The molecule has 1 aromatic carbocycles. The van der Waals surface area contributed by atoms with E-state index in [0.29, 0.717) is 12.0 Å². The van der Waals surface area contributed by atoms with Crippen molar-refractivity contribution in [3.8, 4) is 0 Å². The van der Waals surface area contributed by atoms with Crippen LogP contribution in [0.15, 0.2) is 24.3 Å². The minimum atomic E-state index is -0.922. The molecular formula is C14H19NO4. The number of hydrogen-bond acceptors (Lipinski definition) is 3. The number of hydrogen-bond donors (Lipinski definition) is 3. The van der Waals surface area contributed by atoms with Crippen LogP contribution in [-0.4, -0.2) is 28.1 Å². The van der Waals surface area contributed by atoms with Gasteiger partial charge in [0.15, 0.2) is 0 Å². The zero-order chi connectivity index (χ0) is 14.3. The van der Waals surface area contributed by atoms with Crippen molar-refractivity contribution in [1.29, 1.82) is 0 Å². The summed E-state index contributed by atoms with van der Waals surface area (Å²) in [6.45, 7) is 1.87.